The van der Waals surface area contributed by atoms with E-state index >= 15 is 0 Å². The van der Waals surface area contributed by atoms with Crippen LogP contribution in [-0.4, -0.2) is 28.2 Å². The third-order valence-electron chi connectivity index (χ3n) is 6.16. The second-order valence-electron chi connectivity index (χ2n) is 7.34. The van der Waals surface area contributed by atoms with Crippen LogP contribution in [-0.2, 0) is 11.8 Å². The molecule has 1 fully saturated rings. The van der Waals surface area contributed by atoms with Gasteiger partial charge in [-0.1, -0.05) is 37.1 Å². The van der Waals surface area contributed by atoms with Gasteiger partial charge < -0.3 is 10.2 Å². The first-order valence-electron chi connectivity index (χ1n) is 9.10. The number of benzene rings is 2. The Balaban J connectivity index is 1.86. The fourth-order valence-corrected chi connectivity index (χ4v) is 4.87. The van der Waals surface area contributed by atoms with Crippen LogP contribution in [0.5, 0.6) is 11.5 Å². The van der Waals surface area contributed by atoms with Crippen LogP contribution in [0.3, 0.4) is 0 Å². The van der Waals surface area contributed by atoms with Gasteiger partial charge in [-0.05, 0) is 66.8 Å². The topological polar surface area (TPSA) is 43.7 Å². The summed E-state index contributed by atoms with van der Waals surface area (Å²) in [5.74, 6) is -0.0381. The molecule has 4 rings (SSSR count). The summed E-state index contributed by atoms with van der Waals surface area (Å²) in [7, 11) is 0. The Bertz CT molecular complexity index is 783. The molecule has 0 aromatic heterocycles. The number of hydrogen-bond acceptors (Lipinski definition) is 3. The van der Waals surface area contributed by atoms with Crippen LogP contribution in [0.1, 0.15) is 48.9 Å². The molecule has 1 saturated carbocycles. The van der Waals surface area contributed by atoms with E-state index in [0.29, 0.717) is 0 Å². The monoisotopic (exact) mass is 357 g/mol. The Morgan fingerprint density at radius 3 is 2.40 bits per heavy atom. The van der Waals surface area contributed by atoms with Crippen LogP contribution in [0.2, 0.25) is 5.02 Å². The Morgan fingerprint density at radius 1 is 1.12 bits per heavy atom. The van der Waals surface area contributed by atoms with Crippen LogP contribution in [0.15, 0.2) is 36.4 Å². The normalized spacial score (nSPS) is 22.2. The van der Waals surface area contributed by atoms with Gasteiger partial charge in [-0.15, -0.1) is 0 Å². The minimum absolute atomic E-state index is 0.0170. The van der Waals surface area contributed by atoms with E-state index in [1.165, 1.54) is 12.0 Å². The van der Waals surface area contributed by atoms with Crippen molar-refractivity contribution in [3.05, 3.63) is 58.1 Å². The largest absolute Gasteiger partial charge is 0.504 e. The summed E-state index contributed by atoms with van der Waals surface area (Å²) in [4.78, 5) is 2.52. The molecule has 2 aromatic carbocycles. The molecule has 0 saturated heterocycles. The van der Waals surface area contributed by atoms with Gasteiger partial charge in [0, 0.05) is 23.0 Å². The van der Waals surface area contributed by atoms with E-state index in [9.17, 15) is 10.2 Å². The van der Waals surface area contributed by atoms with Crippen LogP contribution in [0.4, 0.5) is 0 Å². The summed E-state index contributed by atoms with van der Waals surface area (Å²) >= 11 is 6.11. The van der Waals surface area contributed by atoms with Gasteiger partial charge in [0.05, 0.1) is 0 Å². The molecule has 1 aliphatic heterocycles. The van der Waals surface area contributed by atoms with Crippen LogP contribution >= 0.6 is 11.6 Å². The number of phenols is 2. The number of likely N-dealkylation sites (N-methyl/N-ethyl adjacent to an activating group) is 1. The third kappa shape index (κ3) is 2.61. The molecule has 1 atom stereocenters. The maximum Gasteiger partial charge on any atom is 0.157 e. The molecule has 0 spiro atoms. The van der Waals surface area contributed by atoms with Crippen molar-refractivity contribution in [2.24, 2.45) is 0 Å². The highest BCUT2D eigenvalue weighted by Crippen LogP contribution is 2.56. The predicted octanol–water partition coefficient (Wildman–Crippen LogP) is 4.79. The number of phenolic OH excluding ortho intramolecular Hbond substituents is 2. The molecule has 0 radical (unpaired) electrons. The van der Waals surface area contributed by atoms with Crippen LogP contribution < -0.4 is 0 Å². The first-order chi connectivity index (χ1) is 12.0. The summed E-state index contributed by atoms with van der Waals surface area (Å²) in [6.07, 6.45) is 4.40. The van der Waals surface area contributed by atoms with Gasteiger partial charge in [0.25, 0.3) is 0 Å². The Labute approximate surface area is 153 Å². The van der Waals surface area contributed by atoms with Crippen molar-refractivity contribution < 1.29 is 10.2 Å². The Kier molecular flexibility index (Phi) is 4.17. The molecule has 2 aromatic rings. The van der Waals surface area contributed by atoms with Crippen molar-refractivity contribution >= 4 is 11.6 Å². The molecule has 0 amide bonds. The predicted molar refractivity (Wildman–Crippen MR) is 100 cm³/mol. The molecule has 1 aliphatic carbocycles. The molecule has 4 heteroatoms. The molecule has 1 unspecified atom stereocenters. The second-order valence-corrected chi connectivity index (χ2v) is 7.77. The fourth-order valence-electron chi connectivity index (χ4n) is 4.74. The smallest absolute Gasteiger partial charge is 0.157 e. The van der Waals surface area contributed by atoms with E-state index in [1.807, 2.05) is 12.1 Å². The Morgan fingerprint density at radius 2 is 1.80 bits per heavy atom. The van der Waals surface area contributed by atoms with E-state index in [0.717, 1.165) is 48.5 Å². The van der Waals surface area contributed by atoms with Gasteiger partial charge in [0.15, 0.2) is 11.5 Å². The zero-order chi connectivity index (χ0) is 17.6. The highest BCUT2D eigenvalue weighted by molar-refractivity contribution is 6.30. The molecule has 0 bridgehead atoms. The first-order valence-corrected chi connectivity index (χ1v) is 9.48. The van der Waals surface area contributed by atoms with E-state index in [-0.39, 0.29) is 23.0 Å². The number of aromatic hydroxyl groups is 2. The maximum atomic E-state index is 10.1. The fraction of sp³-hybridized carbons (Fsp3) is 0.429. The van der Waals surface area contributed by atoms with Crippen molar-refractivity contribution in [3.8, 4) is 11.5 Å². The lowest BCUT2D eigenvalue weighted by Crippen LogP contribution is -2.51. The average Bonchev–Trinajstić information content (AvgIpc) is 2.57. The van der Waals surface area contributed by atoms with E-state index in [4.69, 9.17) is 11.6 Å². The van der Waals surface area contributed by atoms with Gasteiger partial charge in [0.2, 0.25) is 0 Å². The molecule has 1 heterocycles. The van der Waals surface area contributed by atoms with E-state index in [2.05, 4.69) is 24.0 Å². The number of rotatable bonds is 3. The molecular formula is C21H24ClNO2. The standard InChI is InChI=1S/C21H24ClNO2/c1-2-23-11-8-14-12-18(24)19(25)13-17(14)20(23)21(9-3-10-21)15-4-6-16(22)7-5-15/h4-7,12-13,20,24-25H,2-3,8-11H2,1H3. The minimum Gasteiger partial charge on any atom is -0.504 e. The van der Waals surface area contributed by atoms with Crippen molar-refractivity contribution in [1.29, 1.82) is 0 Å². The molecule has 132 valence electrons. The molecule has 2 N–H and O–H groups in total. The van der Waals surface area contributed by atoms with Crippen molar-refractivity contribution in [2.45, 2.75) is 44.1 Å². The highest BCUT2D eigenvalue weighted by atomic mass is 35.5. The molecular weight excluding hydrogens is 334 g/mol. The van der Waals surface area contributed by atoms with Crippen molar-refractivity contribution in [2.75, 3.05) is 13.1 Å². The van der Waals surface area contributed by atoms with Gasteiger partial charge in [0.1, 0.15) is 0 Å². The Hall–Kier alpha value is -1.71. The summed E-state index contributed by atoms with van der Waals surface area (Å²) < 4.78 is 0. The summed E-state index contributed by atoms with van der Waals surface area (Å²) in [6.45, 7) is 4.15. The highest BCUT2D eigenvalue weighted by Gasteiger charge is 2.49. The zero-order valence-electron chi connectivity index (χ0n) is 14.5. The summed E-state index contributed by atoms with van der Waals surface area (Å²) in [5.41, 5.74) is 3.70. The summed E-state index contributed by atoms with van der Waals surface area (Å²) in [5, 5.41) is 20.8. The first kappa shape index (κ1) is 16.7. The SMILES string of the molecule is CCN1CCc2cc(O)c(O)cc2C1C1(c2ccc(Cl)cc2)CCC1. The van der Waals surface area contributed by atoms with Crippen molar-refractivity contribution in [3.63, 3.8) is 0 Å². The number of fused-ring (bicyclic) bond motifs is 1. The lowest BCUT2D eigenvalue weighted by Gasteiger charge is -2.54. The second kappa shape index (κ2) is 6.22. The molecule has 2 aliphatic rings. The zero-order valence-corrected chi connectivity index (χ0v) is 15.3. The van der Waals surface area contributed by atoms with E-state index in [1.54, 1.807) is 12.1 Å². The van der Waals surface area contributed by atoms with Crippen LogP contribution in [0.25, 0.3) is 0 Å². The maximum absolute atomic E-state index is 10.1. The third-order valence-corrected chi connectivity index (χ3v) is 6.41. The van der Waals surface area contributed by atoms with Gasteiger partial charge >= 0.3 is 0 Å². The van der Waals surface area contributed by atoms with Gasteiger partial charge in [-0.25, -0.2) is 0 Å². The van der Waals surface area contributed by atoms with Gasteiger partial charge in [-0.2, -0.15) is 0 Å². The average molecular weight is 358 g/mol. The van der Waals surface area contributed by atoms with E-state index < -0.39 is 0 Å². The molecule has 25 heavy (non-hydrogen) atoms. The minimum atomic E-state index is -0.0210. The quantitative estimate of drug-likeness (QED) is 0.776. The number of hydrogen-bond donors (Lipinski definition) is 2. The number of halogens is 1. The number of nitrogens with zero attached hydrogens (tertiary/aromatic N) is 1. The molecule has 3 nitrogen and oxygen atoms in total. The van der Waals surface area contributed by atoms with Crippen molar-refractivity contribution in [1.82, 2.24) is 4.90 Å². The summed E-state index contributed by atoms with van der Waals surface area (Å²) in [6, 6.07) is 12.0. The lowest BCUT2D eigenvalue weighted by atomic mass is 9.57. The van der Waals surface area contributed by atoms with Gasteiger partial charge in [-0.3, -0.25) is 4.90 Å². The van der Waals surface area contributed by atoms with Crippen LogP contribution in [0, 0.1) is 0 Å². The lowest BCUT2D eigenvalue weighted by molar-refractivity contribution is 0.0562.